The smallest absolute Gasteiger partial charge is 0.191 e. The average Bonchev–Trinajstić information content (AvgIpc) is 2.15. The number of ketones is 1. The number of carbonyl (C=O) groups excluding carboxylic acids is 1. The molecule has 0 aliphatic rings. The lowest BCUT2D eigenvalue weighted by Crippen LogP contribution is -2.26. The highest BCUT2D eigenvalue weighted by Crippen LogP contribution is 2.18. The molecule has 0 bridgehead atoms. The van der Waals surface area contributed by atoms with Crippen LogP contribution in [0.25, 0.3) is 0 Å². The van der Waals surface area contributed by atoms with Crippen molar-refractivity contribution >= 4 is 5.78 Å². The Kier molecular flexibility index (Phi) is 2.87. The Morgan fingerprint density at radius 3 is 2.21 bits per heavy atom. The molecule has 0 saturated carbocycles. The fourth-order valence-corrected chi connectivity index (χ4v) is 1.04. The Morgan fingerprint density at radius 2 is 1.79 bits per heavy atom. The number of carbonyl (C=O) groups is 1. The van der Waals surface area contributed by atoms with E-state index in [9.17, 15) is 9.90 Å². The minimum Gasteiger partial charge on any atom is -0.386 e. The molecule has 0 amide bonds. The van der Waals surface area contributed by atoms with E-state index in [4.69, 9.17) is 0 Å². The topological polar surface area (TPSA) is 37.3 Å². The van der Waals surface area contributed by atoms with Gasteiger partial charge in [-0.2, -0.15) is 0 Å². The zero-order chi connectivity index (χ0) is 10.8. The molecule has 74 valence electrons. The average molecular weight is 190 g/mol. The third-order valence-corrected chi connectivity index (χ3v) is 2.05. The van der Waals surface area contributed by atoms with Gasteiger partial charge in [-0.25, -0.2) is 0 Å². The Bertz CT molecular complexity index is 344. The summed E-state index contributed by atoms with van der Waals surface area (Å²) in [6.45, 7) is 6.71. The first-order chi connectivity index (χ1) is 6.43. The summed E-state index contributed by atoms with van der Waals surface area (Å²) in [5, 5.41) is 9.60. The fourth-order valence-electron chi connectivity index (χ4n) is 1.04. The second-order valence-corrected chi connectivity index (χ2v) is 3.73. The predicted octanol–water partition coefficient (Wildman–Crippen LogP) is 2.20. The van der Waals surface area contributed by atoms with Gasteiger partial charge in [0.05, 0.1) is 5.60 Å². The summed E-state index contributed by atoms with van der Waals surface area (Å²) in [6.07, 6.45) is 0. The summed E-state index contributed by atoms with van der Waals surface area (Å²) in [6, 6.07) is 8.82. The molecule has 2 nitrogen and oxygen atoms in total. The summed E-state index contributed by atoms with van der Waals surface area (Å²) in [7, 11) is 0. The van der Waals surface area contributed by atoms with E-state index in [1.165, 1.54) is 0 Å². The van der Waals surface area contributed by atoms with E-state index >= 15 is 0 Å². The number of aliphatic hydroxyl groups is 1. The molecular formula is C12H14O2. The van der Waals surface area contributed by atoms with Crippen LogP contribution >= 0.6 is 0 Å². The second-order valence-electron chi connectivity index (χ2n) is 3.73. The van der Waals surface area contributed by atoms with Crippen molar-refractivity contribution in [3.8, 4) is 0 Å². The molecule has 0 atom stereocenters. The summed E-state index contributed by atoms with van der Waals surface area (Å²) < 4.78 is 0. The molecule has 0 saturated heterocycles. The van der Waals surface area contributed by atoms with Crippen molar-refractivity contribution in [1.29, 1.82) is 0 Å². The molecule has 0 aliphatic carbocycles. The van der Waals surface area contributed by atoms with Gasteiger partial charge in [0.25, 0.3) is 0 Å². The molecule has 2 heteroatoms. The SMILES string of the molecule is C=C(C(=O)c1ccccc1)C(C)(C)O. The number of hydrogen-bond donors (Lipinski definition) is 1. The molecule has 1 rings (SSSR count). The molecule has 0 heterocycles. The van der Waals surface area contributed by atoms with Crippen molar-refractivity contribution < 1.29 is 9.90 Å². The zero-order valence-electron chi connectivity index (χ0n) is 8.45. The fraction of sp³-hybridized carbons (Fsp3) is 0.250. The van der Waals surface area contributed by atoms with Gasteiger partial charge >= 0.3 is 0 Å². The number of hydrogen-bond acceptors (Lipinski definition) is 2. The normalized spacial score (nSPS) is 11.1. The highest BCUT2D eigenvalue weighted by Gasteiger charge is 2.24. The van der Waals surface area contributed by atoms with Crippen molar-refractivity contribution in [2.24, 2.45) is 0 Å². The predicted molar refractivity (Wildman–Crippen MR) is 56.2 cm³/mol. The molecule has 0 unspecified atom stereocenters. The van der Waals surface area contributed by atoms with Crippen LogP contribution in [0.15, 0.2) is 42.5 Å². The number of Topliss-reactive ketones (excluding diaryl/α,β-unsaturated/α-hetero) is 1. The van der Waals surface area contributed by atoms with Gasteiger partial charge in [-0.3, -0.25) is 4.79 Å². The van der Waals surface area contributed by atoms with E-state index in [2.05, 4.69) is 6.58 Å². The highest BCUT2D eigenvalue weighted by atomic mass is 16.3. The maximum Gasteiger partial charge on any atom is 0.191 e. The lowest BCUT2D eigenvalue weighted by atomic mass is 9.92. The van der Waals surface area contributed by atoms with Gasteiger partial charge in [0, 0.05) is 11.1 Å². The van der Waals surface area contributed by atoms with Crippen molar-refractivity contribution in [2.75, 3.05) is 0 Å². The molecule has 0 radical (unpaired) electrons. The van der Waals surface area contributed by atoms with Crippen LogP contribution in [0.5, 0.6) is 0 Å². The van der Waals surface area contributed by atoms with E-state index in [-0.39, 0.29) is 11.4 Å². The summed E-state index contributed by atoms with van der Waals surface area (Å²) in [5.74, 6) is -0.210. The lowest BCUT2D eigenvalue weighted by molar-refractivity contribution is 0.0871. The van der Waals surface area contributed by atoms with E-state index in [1.807, 2.05) is 6.07 Å². The maximum atomic E-state index is 11.7. The molecule has 1 aromatic rings. The van der Waals surface area contributed by atoms with Crippen LogP contribution in [0, 0.1) is 0 Å². The first-order valence-electron chi connectivity index (χ1n) is 4.44. The first kappa shape index (κ1) is 10.7. The maximum absolute atomic E-state index is 11.7. The van der Waals surface area contributed by atoms with Gasteiger partial charge in [0.1, 0.15) is 0 Å². The van der Waals surface area contributed by atoms with Crippen LogP contribution in [0.4, 0.5) is 0 Å². The van der Waals surface area contributed by atoms with Crippen LogP contribution in [-0.2, 0) is 0 Å². The standard InChI is InChI=1S/C12H14O2/c1-9(12(2,3)14)11(13)10-7-5-4-6-8-10/h4-8,14H,1H2,2-3H3. The van der Waals surface area contributed by atoms with Crippen molar-refractivity contribution in [2.45, 2.75) is 19.4 Å². The quantitative estimate of drug-likeness (QED) is 0.586. The summed E-state index contributed by atoms with van der Waals surface area (Å²) in [5.41, 5.74) is -0.393. The molecule has 14 heavy (non-hydrogen) atoms. The van der Waals surface area contributed by atoms with E-state index < -0.39 is 5.60 Å². The van der Waals surface area contributed by atoms with Gasteiger partial charge in [0.2, 0.25) is 0 Å². The minimum atomic E-state index is -1.16. The minimum absolute atomic E-state index is 0.210. The molecule has 1 aromatic carbocycles. The number of benzene rings is 1. The van der Waals surface area contributed by atoms with E-state index in [1.54, 1.807) is 38.1 Å². The Hall–Kier alpha value is -1.41. The monoisotopic (exact) mass is 190 g/mol. The van der Waals surface area contributed by atoms with Gasteiger partial charge in [-0.05, 0) is 13.8 Å². The van der Waals surface area contributed by atoms with Crippen LogP contribution in [0.1, 0.15) is 24.2 Å². The molecular weight excluding hydrogens is 176 g/mol. The van der Waals surface area contributed by atoms with Crippen molar-refractivity contribution in [1.82, 2.24) is 0 Å². The number of rotatable bonds is 3. The third kappa shape index (κ3) is 2.30. The van der Waals surface area contributed by atoms with E-state index in [0.717, 1.165) is 0 Å². The van der Waals surface area contributed by atoms with Crippen molar-refractivity contribution in [3.05, 3.63) is 48.0 Å². The highest BCUT2D eigenvalue weighted by molar-refractivity contribution is 6.09. The molecule has 0 spiro atoms. The van der Waals surface area contributed by atoms with Gasteiger partial charge in [-0.1, -0.05) is 36.9 Å². The Morgan fingerprint density at radius 1 is 1.29 bits per heavy atom. The molecule has 0 aromatic heterocycles. The Labute approximate surface area is 83.9 Å². The molecule has 0 aliphatic heterocycles. The summed E-state index contributed by atoms with van der Waals surface area (Å²) in [4.78, 5) is 11.7. The van der Waals surface area contributed by atoms with Crippen LogP contribution in [0.3, 0.4) is 0 Å². The van der Waals surface area contributed by atoms with Crippen LogP contribution in [0.2, 0.25) is 0 Å². The van der Waals surface area contributed by atoms with Crippen LogP contribution in [-0.4, -0.2) is 16.5 Å². The second kappa shape index (κ2) is 3.76. The summed E-state index contributed by atoms with van der Waals surface area (Å²) >= 11 is 0. The third-order valence-electron chi connectivity index (χ3n) is 2.05. The zero-order valence-corrected chi connectivity index (χ0v) is 8.45. The first-order valence-corrected chi connectivity index (χ1v) is 4.44. The largest absolute Gasteiger partial charge is 0.386 e. The van der Waals surface area contributed by atoms with Gasteiger partial charge in [0.15, 0.2) is 5.78 Å². The van der Waals surface area contributed by atoms with Crippen molar-refractivity contribution in [3.63, 3.8) is 0 Å². The van der Waals surface area contributed by atoms with Gasteiger partial charge < -0.3 is 5.11 Å². The Balaban J connectivity index is 2.93. The molecule has 1 N–H and O–H groups in total. The van der Waals surface area contributed by atoms with Gasteiger partial charge in [-0.15, -0.1) is 0 Å². The molecule has 0 fully saturated rings. The lowest BCUT2D eigenvalue weighted by Gasteiger charge is -2.19. The van der Waals surface area contributed by atoms with E-state index in [0.29, 0.717) is 5.56 Å². The van der Waals surface area contributed by atoms with Crippen LogP contribution < -0.4 is 0 Å².